The predicted molar refractivity (Wildman–Crippen MR) is 61.7 cm³/mol. The average molecular weight is 216 g/mol. The van der Waals surface area contributed by atoms with Crippen LogP contribution in [0.2, 0.25) is 0 Å². The summed E-state index contributed by atoms with van der Waals surface area (Å²) >= 11 is 1.70. The molecule has 0 aliphatic carbocycles. The number of aromatic nitrogens is 1. The van der Waals surface area contributed by atoms with Gasteiger partial charge < -0.3 is 10.2 Å². The minimum absolute atomic E-state index is 0.209. The van der Waals surface area contributed by atoms with E-state index in [1.165, 1.54) is 10.1 Å². The summed E-state index contributed by atoms with van der Waals surface area (Å²) in [5.74, 6) is 0. The van der Waals surface area contributed by atoms with Crippen molar-refractivity contribution in [1.29, 1.82) is 0 Å². The van der Waals surface area contributed by atoms with Gasteiger partial charge in [-0.15, -0.1) is 11.3 Å². The second kappa shape index (κ2) is 3.10. The standard InChI is InChI=1S/C11H8N2OS/c12-11-13-9(5-14-11)8-6-15-10-4-2-1-3-7(8)10/h1-6H,(H2,12,13). The lowest BCUT2D eigenvalue weighted by molar-refractivity contribution is 0.581. The van der Waals surface area contributed by atoms with E-state index < -0.39 is 0 Å². The quantitative estimate of drug-likeness (QED) is 0.679. The molecule has 15 heavy (non-hydrogen) atoms. The van der Waals surface area contributed by atoms with E-state index in [0.717, 1.165) is 11.3 Å². The molecule has 0 unspecified atom stereocenters. The summed E-state index contributed by atoms with van der Waals surface area (Å²) in [5.41, 5.74) is 7.33. The lowest BCUT2D eigenvalue weighted by Crippen LogP contribution is -1.82. The first-order valence-electron chi connectivity index (χ1n) is 4.52. The fourth-order valence-corrected chi connectivity index (χ4v) is 2.54. The Kier molecular flexibility index (Phi) is 1.76. The van der Waals surface area contributed by atoms with Crippen LogP contribution in [0, 0.1) is 0 Å². The number of hydrogen-bond donors (Lipinski definition) is 1. The van der Waals surface area contributed by atoms with Gasteiger partial charge in [-0.05, 0) is 6.07 Å². The van der Waals surface area contributed by atoms with Crippen LogP contribution in [0.4, 0.5) is 6.01 Å². The largest absolute Gasteiger partial charge is 0.432 e. The van der Waals surface area contributed by atoms with Gasteiger partial charge in [0.15, 0.2) is 0 Å². The van der Waals surface area contributed by atoms with E-state index in [2.05, 4.69) is 22.5 Å². The number of benzene rings is 1. The molecule has 0 aliphatic rings. The van der Waals surface area contributed by atoms with E-state index in [1.807, 2.05) is 12.1 Å². The SMILES string of the molecule is Nc1nc(-c2csc3ccccc23)co1. The molecule has 74 valence electrons. The molecule has 2 aromatic heterocycles. The molecule has 0 saturated heterocycles. The Hall–Kier alpha value is -1.81. The summed E-state index contributed by atoms with van der Waals surface area (Å²) in [6.07, 6.45) is 1.59. The maximum absolute atomic E-state index is 5.45. The third-order valence-electron chi connectivity index (χ3n) is 2.28. The molecule has 0 spiro atoms. The number of nitrogen functional groups attached to an aromatic ring is 1. The second-order valence-corrected chi connectivity index (χ2v) is 4.13. The summed E-state index contributed by atoms with van der Waals surface area (Å²) in [7, 11) is 0. The van der Waals surface area contributed by atoms with Crippen LogP contribution >= 0.6 is 11.3 Å². The normalized spacial score (nSPS) is 10.9. The van der Waals surface area contributed by atoms with Gasteiger partial charge in [0, 0.05) is 21.0 Å². The molecule has 0 aliphatic heterocycles. The lowest BCUT2D eigenvalue weighted by atomic mass is 10.1. The Morgan fingerprint density at radius 3 is 2.93 bits per heavy atom. The Bertz CT molecular complexity index is 612. The topological polar surface area (TPSA) is 52.0 Å². The Balaban J connectivity index is 2.27. The van der Waals surface area contributed by atoms with Crippen LogP contribution in [0.3, 0.4) is 0 Å². The molecule has 4 heteroatoms. The van der Waals surface area contributed by atoms with Crippen molar-refractivity contribution in [1.82, 2.24) is 4.98 Å². The van der Waals surface area contributed by atoms with E-state index in [-0.39, 0.29) is 6.01 Å². The molecule has 0 atom stereocenters. The van der Waals surface area contributed by atoms with Crippen molar-refractivity contribution in [3.05, 3.63) is 35.9 Å². The van der Waals surface area contributed by atoms with Crippen LogP contribution in [-0.4, -0.2) is 4.98 Å². The maximum Gasteiger partial charge on any atom is 0.292 e. The molecule has 3 aromatic rings. The Labute approximate surface area is 90.2 Å². The molecule has 0 bridgehead atoms. The highest BCUT2D eigenvalue weighted by molar-refractivity contribution is 7.17. The van der Waals surface area contributed by atoms with Gasteiger partial charge in [0.2, 0.25) is 0 Å². The van der Waals surface area contributed by atoms with E-state index in [1.54, 1.807) is 17.6 Å². The monoisotopic (exact) mass is 216 g/mol. The van der Waals surface area contributed by atoms with Crippen molar-refractivity contribution in [2.75, 3.05) is 5.73 Å². The fourth-order valence-electron chi connectivity index (χ4n) is 1.59. The van der Waals surface area contributed by atoms with Crippen molar-refractivity contribution in [3.63, 3.8) is 0 Å². The van der Waals surface area contributed by atoms with E-state index in [0.29, 0.717) is 0 Å². The first-order valence-corrected chi connectivity index (χ1v) is 5.40. The molecular weight excluding hydrogens is 208 g/mol. The van der Waals surface area contributed by atoms with Crippen molar-refractivity contribution < 1.29 is 4.42 Å². The highest BCUT2D eigenvalue weighted by atomic mass is 32.1. The van der Waals surface area contributed by atoms with Crippen LogP contribution < -0.4 is 5.73 Å². The molecule has 2 N–H and O–H groups in total. The summed E-state index contributed by atoms with van der Waals surface area (Å²) in [5, 5.41) is 3.26. The van der Waals surface area contributed by atoms with Gasteiger partial charge in [-0.1, -0.05) is 18.2 Å². The molecule has 3 nitrogen and oxygen atoms in total. The summed E-state index contributed by atoms with van der Waals surface area (Å²) in [4.78, 5) is 4.12. The first-order chi connectivity index (χ1) is 7.34. The minimum atomic E-state index is 0.209. The zero-order valence-electron chi connectivity index (χ0n) is 7.81. The van der Waals surface area contributed by atoms with Crippen LogP contribution in [0.25, 0.3) is 21.3 Å². The Morgan fingerprint density at radius 2 is 2.13 bits per heavy atom. The van der Waals surface area contributed by atoms with Crippen LogP contribution in [0.15, 0.2) is 40.3 Å². The van der Waals surface area contributed by atoms with Gasteiger partial charge in [0.25, 0.3) is 6.01 Å². The molecule has 1 aromatic carbocycles. The molecule has 0 radical (unpaired) electrons. The van der Waals surface area contributed by atoms with Gasteiger partial charge in [-0.25, -0.2) is 0 Å². The van der Waals surface area contributed by atoms with Crippen LogP contribution in [-0.2, 0) is 0 Å². The molecule has 3 rings (SSSR count). The summed E-state index contributed by atoms with van der Waals surface area (Å²) in [6, 6.07) is 8.42. The van der Waals surface area contributed by atoms with Crippen molar-refractivity contribution in [3.8, 4) is 11.3 Å². The highest BCUT2D eigenvalue weighted by Gasteiger charge is 2.09. The van der Waals surface area contributed by atoms with Crippen LogP contribution in [0.1, 0.15) is 0 Å². The highest BCUT2D eigenvalue weighted by Crippen LogP contribution is 2.33. The molecule has 0 amide bonds. The average Bonchev–Trinajstić information content (AvgIpc) is 2.83. The lowest BCUT2D eigenvalue weighted by Gasteiger charge is -1.91. The van der Waals surface area contributed by atoms with E-state index >= 15 is 0 Å². The van der Waals surface area contributed by atoms with Crippen LogP contribution in [0.5, 0.6) is 0 Å². The second-order valence-electron chi connectivity index (χ2n) is 3.22. The number of fused-ring (bicyclic) bond motifs is 1. The summed E-state index contributed by atoms with van der Waals surface area (Å²) < 4.78 is 6.25. The van der Waals surface area contributed by atoms with Crippen molar-refractivity contribution >= 4 is 27.4 Å². The third kappa shape index (κ3) is 1.30. The zero-order chi connectivity index (χ0) is 10.3. The third-order valence-corrected chi connectivity index (χ3v) is 3.24. The fraction of sp³-hybridized carbons (Fsp3) is 0. The zero-order valence-corrected chi connectivity index (χ0v) is 8.62. The van der Waals surface area contributed by atoms with E-state index in [9.17, 15) is 0 Å². The van der Waals surface area contributed by atoms with Crippen molar-refractivity contribution in [2.24, 2.45) is 0 Å². The van der Waals surface area contributed by atoms with Gasteiger partial charge in [0.05, 0.1) is 0 Å². The molecule has 0 fully saturated rings. The number of rotatable bonds is 1. The van der Waals surface area contributed by atoms with Gasteiger partial charge in [-0.2, -0.15) is 4.98 Å². The number of nitrogens with two attached hydrogens (primary N) is 1. The number of anilines is 1. The number of nitrogens with zero attached hydrogens (tertiary/aromatic N) is 1. The van der Waals surface area contributed by atoms with E-state index in [4.69, 9.17) is 10.2 Å². The Morgan fingerprint density at radius 1 is 1.27 bits per heavy atom. The van der Waals surface area contributed by atoms with Gasteiger partial charge >= 0.3 is 0 Å². The first kappa shape index (κ1) is 8.49. The van der Waals surface area contributed by atoms with Crippen molar-refractivity contribution in [2.45, 2.75) is 0 Å². The molecule has 2 heterocycles. The molecule has 0 saturated carbocycles. The maximum atomic E-state index is 5.45. The smallest absolute Gasteiger partial charge is 0.292 e. The summed E-state index contributed by atoms with van der Waals surface area (Å²) in [6.45, 7) is 0. The molecular formula is C11H8N2OS. The van der Waals surface area contributed by atoms with Gasteiger partial charge in [-0.3, -0.25) is 0 Å². The predicted octanol–water partition coefficient (Wildman–Crippen LogP) is 3.14. The number of thiophene rings is 1. The number of oxazole rings is 1. The minimum Gasteiger partial charge on any atom is -0.432 e. The number of hydrogen-bond acceptors (Lipinski definition) is 4. The van der Waals surface area contributed by atoms with Gasteiger partial charge in [0.1, 0.15) is 12.0 Å².